The Labute approximate surface area is 166 Å². The summed E-state index contributed by atoms with van der Waals surface area (Å²) in [6.45, 7) is 8.78. The molecule has 8 nitrogen and oxygen atoms in total. The Hall–Kier alpha value is -1.48. The van der Waals surface area contributed by atoms with E-state index < -0.39 is 23.3 Å². The SMILES string of the molecule is CC[C@@H](C)C(=O)O[C@@H]1CCN2CC=C(COC(=O)[C@@](O)([C@H](C)O)C(C)(C)O)[C@H]12. The van der Waals surface area contributed by atoms with Gasteiger partial charge in [0.25, 0.3) is 0 Å². The van der Waals surface area contributed by atoms with Crippen molar-refractivity contribution in [2.45, 2.75) is 76.9 Å². The zero-order valence-corrected chi connectivity index (χ0v) is 17.3. The summed E-state index contributed by atoms with van der Waals surface area (Å²) >= 11 is 0. The van der Waals surface area contributed by atoms with Crippen molar-refractivity contribution in [3.8, 4) is 0 Å². The van der Waals surface area contributed by atoms with Crippen LogP contribution >= 0.6 is 0 Å². The van der Waals surface area contributed by atoms with Crippen LogP contribution < -0.4 is 0 Å². The molecule has 0 amide bonds. The summed E-state index contributed by atoms with van der Waals surface area (Å²) in [5.41, 5.74) is -3.56. The van der Waals surface area contributed by atoms with E-state index in [1.807, 2.05) is 19.9 Å². The van der Waals surface area contributed by atoms with Crippen LogP contribution in [0.2, 0.25) is 0 Å². The predicted octanol–water partition coefficient (Wildman–Crippen LogP) is 0.385. The maximum atomic E-state index is 12.5. The second kappa shape index (κ2) is 8.49. The molecule has 0 bridgehead atoms. The lowest BCUT2D eigenvalue weighted by Crippen LogP contribution is -2.63. The van der Waals surface area contributed by atoms with Gasteiger partial charge in [0.15, 0.2) is 0 Å². The minimum atomic E-state index is -2.45. The molecule has 0 aromatic carbocycles. The molecule has 0 aromatic rings. The molecule has 3 N–H and O–H groups in total. The Kier molecular flexibility index (Phi) is 6.91. The largest absolute Gasteiger partial charge is 0.460 e. The van der Waals surface area contributed by atoms with Gasteiger partial charge in [0.1, 0.15) is 18.3 Å². The molecule has 28 heavy (non-hydrogen) atoms. The van der Waals surface area contributed by atoms with E-state index >= 15 is 0 Å². The number of ether oxygens (including phenoxy) is 2. The Morgan fingerprint density at radius 3 is 2.50 bits per heavy atom. The third kappa shape index (κ3) is 4.25. The highest BCUT2D eigenvalue weighted by Crippen LogP contribution is 2.33. The van der Waals surface area contributed by atoms with Crippen LogP contribution in [0.25, 0.3) is 0 Å². The number of hydrogen-bond acceptors (Lipinski definition) is 8. The highest BCUT2D eigenvalue weighted by atomic mass is 16.6. The van der Waals surface area contributed by atoms with E-state index in [9.17, 15) is 24.9 Å². The van der Waals surface area contributed by atoms with E-state index in [4.69, 9.17) is 9.47 Å². The third-order valence-electron chi connectivity index (χ3n) is 5.92. The standard InChI is InChI=1S/C20H33NO7/c1-6-12(2)17(23)28-15-8-10-21-9-7-14(16(15)21)11-27-18(24)20(26,13(3)22)19(4,5)25/h7,12-13,15-16,22,25-26H,6,8-11H2,1-5H3/t12-,13+,15-,16-,20+/m1/s1. The number of aliphatic hydroxyl groups is 3. The molecule has 1 fully saturated rings. The van der Waals surface area contributed by atoms with Crippen molar-refractivity contribution in [3.05, 3.63) is 11.6 Å². The first kappa shape index (κ1) is 22.8. The Morgan fingerprint density at radius 2 is 1.96 bits per heavy atom. The topological polar surface area (TPSA) is 117 Å². The molecule has 5 atom stereocenters. The van der Waals surface area contributed by atoms with Gasteiger partial charge in [0, 0.05) is 13.1 Å². The number of carbonyl (C=O) groups is 2. The van der Waals surface area contributed by atoms with Gasteiger partial charge in [0.05, 0.1) is 18.1 Å². The van der Waals surface area contributed by atoms with Gasteiger partial charge in [-0.15, -0.1) is 0 Å². The maximum absolute atomic E-state index is 12.5. The quantitative estimate of drug-likeness (QED) is 0.396. The first-order valence-corrected chi connectivity index (χ1v) is 9.87. The van der Waals surface area contributed by atoms with Crippen LogP contribution in [0, 0.1) is 5.92 Å². The molecule has 2 aliphatic heterocycles. The molecule has 0 saturated carbocycles. The van der Waals surface area contributed by atoms with Crippen LogP contribution in [0.3, 0.4) is 0 Å². The van der Waals surface area contributed by atoms with Gasteiger partial charge in [-0.3, -0.25) is 9.69 Å². The van der Waals surface area contributed by atoms with E-state index in [-0.39, 0.29) is 30.6 Å². The van der Waals surface area contributed by atoms with Gasteiger partial charge >= 0.3 is 11.9 Å². The average molecular weight is 399 g/mol. The van der Waals surface area contributed by atoms with Crippen LogP contribution in [-0.4, -0.2) is 81.3 Å². The number of aliphatic hydroxyl groups excluding tert-OH is 1. The number of nitrogens with zero attached hydrogens (tertiary/aromatic N) is 1. The van der Waals surface area contributed by atoms with Crippen molar-refractivity contribution in [2.75, 3.05) is 19.7 Å². The number of esters is 2. The lowest BCUT2D eigenvalue weighted by atomic mass is 9.81. The lowest BCUT2D eigenvalue weighted by molar-refractivity contribution is -0.213. The fourth-order valence-corrected chi connectivity index (χ4v) is 3.75. The molecule has 0 spiro atoms. The van der Waals surface area contributed by atoms with E-state index in [0.29, 0.717) is 19.4 Å². The first-order valence-electron chi connectivity index (χ1n) is 9.87. The van der Waals surface area contributed by atoms with Gasteiger partial charge in [0.2, 0.25) is 5.60 Å². The van der Waals surface area contributed by atoms with Gasteiger partial charge in [-0.25, -0.2) is 4.79 Å². The summed E-state index contributed by atoms with van der Waals surface area (Å²) in [5.74, 6) is -1.50. The molecule has 0 aliphatic carbocycles. The fraction of sp³-hybridized carbons (Fsp3) is 0.800. The van der Waals surface area contributed by atoms with Crippen molar-refractivity contribution in [2.24, 2.45) is 5.92 Å². The Balaban J connectivity index is 2.04. The van der Waals surface area contributed by atoms with Gasteiger partial charge in [-0.1, -0.05) is 19.9 Å². The molecular formula is C20H33NO7. The summed E-state index contributed by atoms with van der Waals surface area (Å²) in [4.78, 5) is 26.8. The summed E-state index contributed by atoms with van der Waals surface area (Å²) in [7, 11) is 0. The number of carbonyl (C=O) groups excluding carboxylic acids is 2. The minimum absolute atomic E-state index is 0.109. The minimum Gasteiger partial charge on any atom is -0.460 e. The molecule has 8 heteroatoms. The van der Waals surface area contributed by atoms with Crippen LogP contribution in [0.5, 0.6) is 0 Å². The number of hydrogen-bond donors (Lipinski definition) is 3. The average Bonchev–Trinajstić information content (AvgIpc) is 3.20. The molecule has 0 aromatic heterocycles. The van der Waals surface area contributed by atoms with Crippen LogP contribution in [0.1, 0.15) is 47.5 Å². The Morgan fingerprint density at radius 1 is 1.32 bits per heavy atom. The van der Waals surface area contributed by atoms with Crippen LogP contribution in [0.15, 0.2) is 11.6 Å². The van der Waals surface area contributed by atoms with Crippen molar-refractivity contribution >= 4 is 11.9 Å². The molecule has 160 valence electrons. The Bertz CT molecular complexity index is 625. The highest BCUT2D eigenvalue weighted by Gasteiger charge is 2.54. The molecule has 0 radical (unpaired) electrons. The smallest absolute Gasteiger partial charge is 0.344 e. The fourth-order valence-electron chi connectivity index (χ4n) is 3.75. The predicted molar refractivity (Wildman–Crippen MR) is 101 cm³/mol. The molecular weight excluding hydrogens is 366 g/mol. The number of rotatable bonds is 8. The summed E-state index contributed by atoms with van der Waals surface area (Å²) in [6.07, 6.45) is 1.50. The van der Waals surface area contributed by atoms with E-state index in [2.05, 4.69) is 4.90 Å². The van der Waals surface area contributed by atoms with E-state index in [1.54, 1.807) is 0 Å². The molecule has 2 rings (SSSR count). The van der Waals surface area contributed by atoms with E-state index in [0.717, 1.165) is 12.1 Å². The number of fused-ring (bicyclic) bond motifs is 1. The van der Waals surface area contributed by atoms with Crippen molar-refractivity contribution in [1.29, 1.82) is 0 Å². The lowest BCUT2D eigenvalue weighted by Gasteiger charge is -2.38. The highest BCUT2D eigenvalue weighted by molar-refractivity contribution is 5.82. The van der Waals surface area contributed by atoms with Crippen molar-refractivity contribution < 1.29 is 34.4 Å². The van der Waals surface area contributed by atoms with Gasteiger partial charge in [-0.05, 0) is 39.2 Å². The van der Waals surface area contributed by atoms with Crippen LogP contribution in [-0.2, 0) is 19.1 Å². The van der Waals surface area contributed by atoms with Gasteiger partial charge < -0.3 is 24.8 Å². The second-order valence-electron chi connectivity index (χ2n) is 8.37. The molecule has 2 aliphatic rings. The second-order valence-corrected chi connectivity index (χ2v) is 8.37. The normalized spacial score (nSPS) is 26.8. The summed E-state index contributed by atoms with van der Waals surface area (Å²) < 4.78 is 10.9. The van der Waals surface area contributed by atoms with Crippen molar-refractivity contribution in [1.82, 2.24) is 4.90 Å². The third-order valence-corrected chi connectivity index (χ3v) is 5.92. The zero-order valence-electron chi connectivity index (χ0n) is 17.3. The van der Waals surface area contributed by atoms with Crippen molar-refractivity contribution in [3.63, 3.8) is 0 Å². The first-order chi connectivity index (χ1) is 12.9. The monoisotopic (exact) mass is 399 g/mol. The summed E-state index contributed by atoms with van der Waals surface area (Å²) in [6, 6.07) is -0.164. The maximum Gasteiger partial charge on any atom is 0.344 e. The molecule has 2 heterocycles. The molecule has 0 unspecified atom stereocenters. The zero-order chi connectivity index (χ0) is 21.3. The molecule has 1 saturated heterocycles. The van der Waals surface area contributed by atoms with E-state index in [1.165, 1.54) is 20.8 Å². The van der Waals surface area contributed by atoms with Crippen LogP contribution in [0.4, 0.5) is 0 Å². The van der Waals surface area contributed by atoms with Gasteiger partial charge in [-0.2, -0.15) is 0 Å². The summed E-state index contributed by atoms with van der Waals surface area (Å²) in [5, 5.41) is 30.5.